The van der Waals surface area contributed by atoms with Crippen molar-refractivity contribution in [2.45, 2.75) is 44.7 Å². The smallest absolute Gasteiger partial charge is 0.247 e. The monoisotopic (exact) mass is 405 g/mol. The second-order valence-corrected chi connectivity index (χ2v) is 8.30. The van der Waals surface area contributed by atoms with Crippen LogP contribution < -0.4 is 5.32 Å². The highest BCUT2D eigenvalue weighted by Crippen LogP contribution is 2.26. The maximum absolute atomic E-state index is 13.1. The van der Waals surface area contributed by atoms with Crippen molar-refractivity contribution in [2.24, 2.45) is 0 Å². The average molecular weight is 406 g/mol. The van der Waals surface area contributed by atoms with E-state index < -0.39 is 6.04 Å². The molecule has 1 fully saturated rings. The van der Waals surface area contributed by atoms with Crippen molar-refractivity contribution in [1.82, 2.24) is 15.1 Å². The number of nitrogens with one attached hydrogen (secondary N) is 1. The summed E-state index contributed by atoms with van der Waals surface area (Å²) in [4.78, 5) is 29.8. The van der Waals surface area contributed by atoms with E-state index in [4.69, 9.17) is 0 Å². The first-order valence-electron chi connectivity index (χ1n) is 11.1. The summed E-state index contributed by atoms with van der Waals surface area (Å²) in [6.45, 7) is 4.30. The van der Waals surface area contributed by atoms with Crippen LogP contribution in [-0.4, -0.2) is 47.8 Å². The molecule has 0 aliphatic carbocycles. The second-order valence-electron chi connectivity index (χ2n) is 8.30. The minimum Gasteiger partial charge on any atom is -0.354 e. The van der Waals surface area contributed by atoms with Crippen molar-refractivity contribution in [2.75, 3.05) is 26.2 Å². The maximum atomic E-state index is 13.1. The van der Waals surface area contributed by atoms with Crippen LogP contribution >= 0.6 is 0 Å². The van der Waals surface area contributed by atoms with Crippen LogP contribution in [0.1, 0.15) is 48.4 Å². The zero-order valence-electron chi connectivity index (χ0n) is 17.6. The van der Waals surface area contributed by atoms with Gasteiger partial charge in [0.15, 0.2) is 0 Å². The Kier molecular flexibility index (Phi) is 6.80. The average Bonchev–Trinajstić information content (AvgIpc) is 2.79. The van der Waals surface area contributed by atoms with Gasteiger partial charge in [0.25, 0.3) is 0 Å². The number of piperidine rings is 1. The Morgan fingerprint density at radius 1 is 0.933 bits per heavy atom. The number of hydrogen-bond acceptors (Lipinski definition) is 3. The Balaban J connectivity index is 1.31. The van der Waals surface area contributed by atoms with Gasteiger partial charge in [0, 0.05) is 39.1 Å². The van der Waals surface area contributed by atoms with Gasteiger partial charge in [-0.05, 0) is 42.4 Å². The van der Waals surface area contributed by atoms with E-state index in [0.29, 0.717) is 19.5 Å². The molecular formula is C25H31N3O2. The Bertz CT molecular complexity index is 868. The van der Waals surface area contributed by atoms with E-state index in [2.05, 4.69) is 34.5 Å². The van der Waals surface area contributed by atoms with E-state index in [-0.39, 0.29) is 11.8 Å². The van der Waals surface area contributed by atoms with Crippen molar-refractivity contribution in [3.8, 4) is 0 Å². The molecule has 2 aliphatic heterocycles. The summed E-state index contributed by atoms with van der Waals surface area (Å²) in [7, 11) is 0. The summed E-state index contributed by atoms with van der Waals surface area (Å²) in [6.07, 6.45) is 4.41. The van der Waals surface area contributed by atoms with Crippen molar-refractivity contribution in [3.63, 3.8) is 0 Å². The maximum Gasteiger partial charge on any atom is 0.247 e. The summed E-state index contributed by atoms with van der Waals surface area (Å²) >= 11 is 0. The first-order valence-corrected chi connectivity index (χ1v) is 11.1. The van der Waals surface area contributed by atoms with Crippen molar-refractivity contribution in [1.29, 1.82) is 0 Å². The molecule has 0 saturated carbocycles. The fraction of sp³-hybridized carbons (Fsp3) is 0.440. The minimum absolute atomic E-state index is 0.0690. The molecule has 2 amide bonds. The van der Waals surface area contributed by atoms with E-state index in [1.54, 1.807) is 4.90 Å². The lowest BCUT2D eigenvalue weighted by atomic mass is 10.00. The van der Waals surface area contributed by atoms with Crippen LogP contribution in [0.25, 0.3) is 0 Å². The fourth-order valence-electron chi connectivity index (χ4n) is 4.56. The summed E-state index contributed by atoms with van der Waals surface area (Å²) in [6, 6.07) is 17.8. The first-order chi connectivity index (χ1) is 14.7. The first kappa shape index (κ1) is 20.6. The van der Waals surface area contributed by atoms with Gasteiger partial charge >= 0.3 is 0 Å². The van der Waals surface area contributed by atoms with Gasteiger partial charge in [0.2, 0.25) is 11.8 Å². The molecule has 30 heavy (non-hydrogen) atoms. The zero-order chi connectivity index (χ0) is 20.8. The summed E-state index contributed by atoms with van der Waals surface area (Å²) in [5.74, 6) is 0.0117. The largest absolute Gasteiger partial charge is 0.354 e. The highest BCUT2D eigenvalue weighted by molar-refractivity contribution is 5.89. The Hall–Kier alpha value is -2.66. The van der Waals surface area contributed by atoms with Crippen LogP contribution in [-0.2, 0) is 22.6 Å². The number of fused-ring (bicyclic) bond motifs is 1. The molecule has 1 saturated heterocycles. The van der Waals surface area contributed by atoms with Crippen LogP contribution in [0.4, 0.5) is 0 Å². The quantitative estimate of drug-likeness (QED) is 0.719. The second kappa shape index (κ2) is 9.90. The number of carbonyl (C=O) groups is 2. The van der Waals surface area contributed by atoms with Gasteiger partial charge in [-0.15, -0.1) is 0 Å². The molecule has 2 aromatic carbocycles. The van der Waals surface area contributed by atoms with E-state index >= 15 is 0 Å². The lowest BCUT2D eigenvalue weighted by Crippen LogP contribution is -2.46. The molecule has 1 unspecified atom stereocenters. The van der Waals surface area contributed by atoms with Gasteiger partial charge in [0.05, 0.1) is 0 Å². The number of likely N-dealkylation sites (tertiary alicyclic amines) is 1. The Labute approximate surface area is 179 Å². The third-order valence-corrected chi connectivity index (χ3v) is 6.20. The zero-order valence-corrected chi connectivity index (χ0v) is 17.6. The van der Waals surface area contributed by atoms with Gasteiger partial charge in [-0.3, -0.25) is 14.5 Å². The summed E-state index contributed by atoms with van der Waals surface area (Å²) in [5, 5.41) is 3.10. The van der Waals surface area contributed by atoms with E-state index in [9.17, 15) is 9.59 Å². The number of amides is 2. The van der Waals surface area contributed by atoms with E-state index in [1.807, 2.05) is 30.3 Å². The lowest BCUT2D eigenvalue weighted by Gasteiger charge is -2.34. The number of rotatable bonds is 7. The van der Waals surface area contributed by atoms with Gasteiger partial charge in [-0.2, -0.15) is 0 Å². The third-order valence-electron chi connectivity index (χ3n) is 6.20. The number of nitrogens with zero attached hydrogens (tertiary/aromatic N) is 2. The molecule has 2 aliphatic rings. The highest BCUT2D eigenvalue weighted by Gasteiger charge is 2.32. The lowest BCUT2D eigenvalue weighted by molar-refractivity contribution is -0.142. The molecule has 0 spiro atoms. The highest BCUT2D eigenvalue weighted by atomic mass is 16.2. The van der Waals surface area contributed by atoms with Crippen molar-refractivity contribution in [3.05, 3.63) is 71.3 Å². The van der Waals surface area contributed by atoms with Crippen molar-refractivity contribution >= 4 is 11.8 Å². The third kappa shape index (κ3) is 4.90. The van der Waals surface area contributed by atoms with Gasteiger partial charge in [0.1, 0.15) is 6.04 Å². The molecule has 0 radical (unpaired) electrons. The van der Waals surface area contributed by atoms with Crippen LogP contribution in [0.15, 0.2) is 54.6 Å². The predicted octanol–water partition coefficient (Wildman–Crippen LogP) is 3.30. The SMILES string of the molecule is O=C(NCCCN1CCc2ccccc2C1)C(c1ccccc1)N1CCCCC1=O. The van der Waals surface area contributed by atoms with Gasteiger partial charge in [-0.25, -0.2) is 0 Å². The van der Waals surface area contributed by atoms with E-state index in [0.717, 1.165) is 50.9 Å². The molecular weight excluding hydrogens is 374 g/mol. The molecule has 2 heterocycles. The molecule has 5 heteroatoms. The molecule has 4 rings (SSSR count). The molecule has 158 valence electrons. The number of carbonyl (C=O) groups excluding carboxylic acids is 2. The van der Waals surface area contributed by atoms with Gasteiger partial charge in [-0.1, -0.05) is 54.6 Å². The van der Waals surface area contributed by atoms with Crippen LogP contribution in [0, 0.1) is 0 Å². The molecule has 2 aromatic rings. The van der Waals surface area contributed by atoms with Crippen LogP contribution in [0.3, 0.4) is 0 Å². The van der Waals surface area contributed by atoms with Crippen LogP contribution in [0.5, 0.6) is 0 Å². The number of hydrogen-bond donors (Lipinski definition) is 1. The van der Waals surface area contributed by atoms with Crippen LogP contribution in [0.2, 0.25) is 0 Å². The Morgan fingerprint density at radius 3 is 2.50 bits per heavy atom. The number of benzene rings is 2. The normalized spacial score (nSPS) is 18.0. The topological polar surface area (TPSA) is 52.7 Å². The molecule has 0 bridgehead atoms. The standard InChI is InChI=1S/C25H31N3O2/c29-23-13-6-7-17-28(23)24(21-10-2-1-3-11-21)25(30)26-15-8-16-27-18-14-20-9-4-5-12-22(20)19-27/h1-5,9-12,24H,6-8,13-19H2,(H,26,30). The van der Waals surface area contributed by atoms with Gasteiger partial charge < -0.3 is 10.2 Å². The molecule has 5 nitrogen and oxygen atoms in total. The summed E-state index contributed by atoms with van der Waals surface area (Å²) < 4.78 is 0. The minimum atomic E-state index is -0.527. The fourth-order valence-corrected chi connectivity index (χ4v) is 4.56. The Morgan fingerprint density at radius 2 is 1.70 bits per heavy atom. The van der Waals surface area contributed by atoms with Crippen molar-refractivity contribution < 1.29 is 9.59 Å². The molecule has 1 atom stereocenters. The predicted molar refractivity (Wildman–Crippen MR) is 118 cm³/mol. The molecule has 0 aromatic heterocycles. The van der Waals surface area contributed by atoms with E-state index in [1.165, 1.54) is 11.1 Å². The molecule has 1 N–H and O–H groups in total. The summed E-state index contributed by atoms with van der Waals surface area (Å²) in [5.41, 5.74) is 3.76.